The Labute approximate surface area is 241 Å². The number of fused-ring (bicyclic) bond motifs is 1. The molecule has 0 aromatic heterocycles. The van der Waals surface area contributed by atoms with Gasteiger partial charge in [0.15, 0.2) is 9.84 Å². The van der Waals surface area contributed by atoms with Gasteiger partial charge in [-0.1, -0.05) is 54.1 Å². The minimum absolute atomic E-state index is 0.0641. The molecule has 0 atom stereocenters. The number of amides is 1. The van der Waals surface area contributed by atoms with Gasteiger partial charge in [0.25, 0.3) is 5.91 Å². The first-order chi connectivity index (χ1) is 19.1. The molecule has 1 heterocycles. The predicted octanol–water partition coefficient (Wildman–Crippen LogP) is 4.69. The second-order valence-corrected chi connectivity index (χ2v) is 13.0. The molecule has 3 aromatic rings. The summed E-state index contributed by atoms with van der Waals surface area (Å²) in [6, 6.07) is 16.8. The molecule has 1 fully saturated rings. The molecule has 1 aliphatic heterocycles. The molecule has 1 amide bonds. The lowest BCUT2D eigenvalue weighted by Crippen LogP contribution is -2.52. The topological polar surface area (TPSA) is 111 Å². The Morgan fingerprint density at radius 2 is 1.80 bits per heavy atom. The highest BCUT2D eigenvalue weighted by molar-refractivity contribution is 7.90. The van der Waals surface area contributed by atoms with Crippen LogP contribution in [-0.2, 0) is 20.3 Å². The number of sulfone groups is 1. The smallest absolute Gasteiger partial charge is 0.255 e. The number of hydrogen-bond acceptors (Lipinski definition) is 7. The molecule has 0 bridgehead atoms. The SMILES string of the molecule is COc1cc(N)c(Cl)cc1C(=O)NCC1(OC)CCN(CCCCS(=O)(=O)Cc2cccc3ccccc23)CC1. The van der Waals surface area contributed by atoms with Crippen molar-refractivity contribution in [1.29, 1.82) is 0 Å². The van der Waals surface area contributed by atoms with E-state index in [2.05, 4.69) is 10.2 Å². The summed E-state index contributed by atoms with van der Waals surface area (Å²) in [5, 5.41) is 5.31. The molecule has 1 aliphatic rings. The molecule has 4 rings (SSSR count). The van der Waals surface area contributed by atoms with Crippen LogP contribution in [0.15, 0.2) is 54.6 Å². The number of halogens is 1. The number of carbonyl (C=O) groups is 1. The number of nitrogens with two attached hydrogens (primary N) is 1. The number of nitrogen functional groups attached to an aromatic ring is 1. The van der Waals surface area contributed by atoms with Crippen molar-refractivity contribution in [1.82, 2.24) is 10.2 Å². The summed E-state index contributed by atoms with van der Waals surface area (Å²) < 4.78 is 36.8. The zero-order valence-corrected chi connectivity index (χ0v) is 24.7. The van der Waals surface area contributed by atoms with Crippen LogP contribution in [0.25, 0.3) is 10.8 Å². The van der Waals surface area contributed by atoms with Gasteiger partial charge >= 0.3 is 0 Å². The van der Waals surface area contributed by atoms with Crippen LogP contribution in [0, 0.1) is 0 Å². The van der Waals surface area contributed by atoms with Gasteiger partial charge in [0.2, 0.25) is 0 Å². The van der Waals surface area contributed by atoms with Gasteiger partial charge in [-0.05, 0) is 54.6 Å². The number of nitrogens with zero attached hydrogens (tertiary/aromatic N) is 1. The van der Waals surface area contributed by atoms with Crippen LogP contribution in [0.2, 0.25) is 5.02 Å². The van der Waals surface area contributed by atoms with E-state index in [-0.39, 0.29) is 17.4 Å². The third-order valence-corrected chi connectivity index (χ3v) is 9.76. The first-order valence-corrected chi connectivity index (χ1v) is 15.7. The number of nitrogens with one attached hydrogen (secondary N) is 1. The van der Waals surface area contributed by atoms with E-state index in [0.29, 0.717) is 35.0 Å². The lowest BCUT2D eigenvalue weighted by molar-refractivity contribution is -0.0541. The van der Waals surface area contributed by atoms with Crippen molar-refractivity contribution in [3.8, 4) is 5.75 Å². The van der Waals surface area contributed by atoms with Gasteiger partial charge in [-0.25, -0.2) is 8.42 Å². The number of benzene rings is 3. The van der Waals surface area contributed by atoms with Crippen molar-refractivity contribution in [3.63, 3.8) is 0 Å². The summed E-state index contributed by atoms with van der Waals surface area (Å²) >= 11 is 6.12. The number of methoxy groups -OCH3 is 2. The Kier molecular flexibility index (Phi) is 9.94. The van der Waals surface area contributed by atoms with E-state index < -0.39 is 15.4 Å². The van der Waals surface area contributed by atoms with Gasteiger partial charge < -0.3 is 25.4 Å². The van der Waals surface area contributed by atoms with Gasteiger partial charge in [-0.3, -0.25) is 4.79 Å². The second kappa shape index (κ2) is 13.2. The maximum Gasteiger partial charge on any atom is 0.255 e. The molecule has 0 spiro atoms. The van der Waals surface area contributed by atoms with E-state index in [0.717, 1.165) is 55.2 Å². The third kappa shape index (κ3) is 7.46. The summed E-state index contributed by atoms with van der Waals surface area (Å²) in [6.45, 7) is 2.80. The molecule has 1 saturated heterocycles. The summed E-state index contributed by atoms with van der Waals surface area (Å²) in [6.07, 6.45) is 2.94. The van der Waals surface area contributed by atoms with Crippen LogP contribution < -0.4 is 15.8 Å². The molecule has 10 heteroatoms. The highest BCUT2D eigenvalue weighted by Crippen LogP contribution is 2.30. The fourth-order valence-electron chi connectivity index (χ4n) is 5.27. The lowest BCUT2D eigenvalue weighted by Gasteiger charge is -2.41. The first kappa shape index (κ1) is 30.1. The number of anilines is 1. The van der Waals surface area contributed by atoms with Crippen LogP contribution in [0.4, 0.5) is 5.69 Å². The average Bonchev–Trinajstić information content (AvgIpc) is 2.96. The van der Waals surface area contributed by atoms with Crippen LogP contribution in [0.5, 0.6) is 5.75 Å². The summed E-state index contributed by atoms with van der Waals surface area (Å²) in [7, 11) is -0.0547. The molecule has 216 valence electrons. The number of unbranched alkanes of at least 4 members (excludes halogenated alkanes) is 1. The number of carbonyl (C=O) groups excluding carboxylic acids is 1. The van der Waals surface area contributed by atoms with Gasteiger partial charge in [-0.2, -0.15) is 0 Å². The quantitative estimate of drug-likeness (QED) is 0.234. The molecule has 0 radical (unpaired) electrons. The van der Waals surface area contributed by atoms with E-state index in [1.54, 1.807) is 7.11 Å². The van der Waals surface area contributed by atoms with E-state index in [1.807, 2.05) is 42.5 Å². The molecule has 40 heavy (non-hydrogen) atoms. The van der Waals surface area contributed by atoms with Crippen molar-refractivity contribution < 1.29 is 22.7 Å². The van der Waals surface area contributed by atoms with Crippen LogP contribution in [-0.4, -0.2) is 71.0 Å². The Morgan fingerprint density at radius 3 is 2.52 bits per heavy atom. The molecular weight excluding hydrogens is 550 g/mol. The average molecular weight is 588 g/mol. The maximum atomic E-state index is 12.9. The summed E-state index contributed by atoms with van der Waals surface area (Å²) in [5.74, 6) is 0.299. The van der Waals surface area contributed by atoms with Crippen molar-refractivity contribution in [3.05, 3.63) is 70.7 Å². The third-order valence-electron chi connectivity index (χ3n) is 7.77. The van der Waals surface area contributed by atoms with Crippen LogP contribution >= 0.6 is 11.6 Å². The zero-order chi connectivity index (χ0) is 28.8. The highest BCUT2D eigenvalue weighted by Gasteiger charge is 2.35. The molecule has 3 N–H and O–H groups in total. The largest absolute Gasteiger partial charge is 0.496 e. The van der Waals surface area contributed by atoms with Crippen molar-refractivity contribution in [2.24, 2.45) is 0 Å². The monoisotopic (exact) mass is 587 g/mol. The maximum absolute atomic E-state index is 12.9. The Bertz CT molecular complexity index is 1430. The Balaban J connectivity index is 1.22. The molecule has 8 nitrogen and oxygen atoms in total. The normalized spacial score (nSPS) is 15.7. The molecular formula is C30H38ClN3O5S. The molecule has 0 saturated carbocycles. The van der Waals surface area contributed by atoms with Crippen molar-refractivity contribution >= 4 is 43.8 Å². The number of ether oxygens (including phenoxy) is 2. The fourth-order valence-corrected chi connectivity index (χ4v) is 6.95. The zero-order valence-electron chi connectivity index (χ0n) is 23.1. The molecule has 3 aromatic carbocycles. The Morgan fingerprint density at radius 1 is 1.07 bits per heavy atom. The predicted molar refractivity (Wildman–Crippen MR) is 161 cm³/mol. The van der Waals surface area contributed by atoms with Gasteiger partial charge in [0.05, 0.1) is 40.5 Å². The van der Waals surface area contributed by atoms with Crippen molar-refractivity contribution in [2.45, 2.75) is 37.0 Å². The summed E-state index contributed by atoms with van der Waals surface area (Å²) in [4.78, 5) is 15.2. The van der Waals surface area contributed by atoms with Crippen LogP contribution in [0.3, 0.4) is 0 Å². The Hall–Kier alpha value is -2.85. The minimum Gasteiger partial charge on any atom is -0.496 e. The van der Waals surface area contributed by atoms with E-state index >= 15 is 0 Å². The van der Waals surface area contributed by atoms with Gasteiger partial charge in [0.1, 0.15) is 5.75 Å². The summed E-state index contributed by atoms with van der Waals surface area (Å²) in [5.41, 5.74) is 6.88. The van der Waals surface area contributed by atoms with Gasteiger partial charge in [0, 0.05) is 32.8 Å². The standard InChI is InChI=1S/C30H38ClN3O5S/c1-38-28-19-27(32)26(31)18-25(28)29(35)33-21-30(39-2)12-15-34(16-13-30)14-5-6-17-40(36,37)20-23-10-7-9-22-8-3-4-11-24(22)23/h3-4,7-11,18-19H,5-6,12-17,20-21,32H2,1-2H3,(H,33,35). The number of hydrogen-bond donors (Lipinski definition) is 2. The highest BCUT2D eigenvalue weighted by atomic mass is 35.5. The molecule has 0 aliphatic carbocycles. The second-order valence-electron chi connectivity index (χ2n) is 10.4. The number of rotatable bonds is 12. The first-order valence-electron chi connectivity index (χ1n) is 13.5. The van der Waals surface area contributed by atoms with E-state index in [4.69, 9.17) is 26.8 Å². The van der Waals surface area contributed by atoms with Gasteiger partial charge in [-0.15, -0.1) is 0 Å². The fraction of sp³-hybridized carbons (Fsp3) is 0.433. The minimum atomic E-state index is -3.20. The lowest BCUT2D eigenvalue weighted by atomic mass is 9.90. The number of likely N-dealkylation sites (tertiary alicyclic amines) is 1. The van der Waals surface area contributed by atoms with Crippen LogP contribution in [0.1, 0.15) is 41.6 Å². The molecule has 0 unspecified atom stereocenters. The van der Waals surface area contributed by atoms with E-state index in [1.165, 1.54) is 19.2 Å². The van der Waals surface area contributed by atoms with E-state index in [9.17, 15) is 13.2 Å². The van der Waals surface area contributed by atoms with Crippen molar-refractivity contribution in [2.75, 3.05) is 51.9 Å². The number of piperidine rings is 1.